The van der Waals surface area contributed by atoms with E-state index in [9.17, 15) is 14.4 Å². The zero-order chi connectivity index (χ0) is 59.9. The normalized spacial score (nSPS) is 13.7. The van der Waals surface area contributed by atoms with E-state index in [0.717, 1.165) is 161 Å². The van der Waals surface area contributed by atoms with Gasteiger partial charge in [0.1, 0.15) is 13.2 Å². The van der Waals surface area contributed by atoms with E-state index in [2.05, 4.69) is 240 Å². The number of carbonyl (C=O) groups excluding carboxylic acids is 3. The molecule has 1 unspecified atom stereocenters. The lowest BCUT2D eigenvalue weighted by atomic mass is 10.1. The van der Waals surface area contributed by atoms with E-state index >= 15 is 0 Å². The van der Waals surface area contributed by atoms with Crippen LogP contribution >= 0.6 is 0 Å². The topological polar surface area (TPSA) is 78.9 Å². The zero-order valence-electron chi connectivity index (χ0n) is 52.1. The zero-order valence-corrected chi connectivity index (χ0v) is 52.1. The SMILES string of the molecule is CC/C=C\C/C=C\C/C=C\C/C=C\C/C=C\C/C=C\C/C=C\C/C=C\C/C=C\C/C=C\CCCCCCC(=O)OCC(COC(=O)CCCC/C=C\C/C=C\C/C=C\C/C=C\CC)OC(=O)C/C=C\C/C=C\C/C=C\C/C=C\C/C=C\CC. The van der Waals surface area contributed by atoms with Gasteiger partial charge in [-0.2, -0.15) is 0 Å². The third kappa shape index (κ3) is 66.2. The van der Waals surface area contributed by atoms with Crippen molar-refractivity contribution in [1.82, 2.24) is 0 Å². The fourth-order valence-electron chi connectivity index (χ4n) is 7.53. The lowest BCUT2D eigenvalue weighted by Gasteiger charge is -2.18. The van der Waals surface area contributed by atoms with Crippen molar-refractivity contribution in [2.75, 3.05) is 13.2 Å². The maximum atomic E-state index is 12.8. The standard InChI is InChI=1S/C77H112O6/c1-4-7-10-13-16-19-22-25-28-29-30-31-32-33-34-35-36-37-38-39-40-41-42-43-44-45-46-47-50-52-55-58-61-64-67-70-76(79)82-73-74(83-77(80)71-68-65-62-59-56-53-49-27-24-21-18-15-12-9-6-3)72-81-75(78)69-66-63-60-57-54-51-48-26-23-20-17-14-11-8-5-2/h7-12,16-21,25-28,30-31,33-34,36-37,39-40,42-43,45-46,48-50,52,54,56-57,59,65,68,74H,4-6,13-15,22-24,29,32,35,38,41,44,47,51,53,55,58,60-64,66-67,69-73H2,1-3H3/b10-7-,11-8-,12-9-,19-16-,20-17-,21-18-,28-25-,31-30-,34-33-,37-36-,40-39-,43-42-,46-45-,48-26-,49-27-,52-50-,57-54-,59-56-,68-65-. The van der Waals surface area contributed by atoms with E-state index in [1.165, 1.54) is 0 Å². The van der Waals surface area contributed by atoms with Gasteiger partial charge in [-0.05, 0) is 161 Å². The molecule has 0 saturated heterocycles. The first kappa shape index (κ1) is 76.5. The van der Waals surface area contributed by atoms with Crippen LogP contribution in [0.3, 0.4) is 0 Å². The molecule has 6 heteroatoms. The van der Waals surface area contributed by atoms with E-state index < -0.39 is 12.1 Å². The molecule has 0 fully saturated rings. The van der Waals surface area contributed by atoms with Crippen molar-refractivity contribution in [3.05, 3.63) is 231 Å². The Morgan fingerprint density at radius 1 is 0.253 bits per heavy atom. The lowest BCUT2D eigenvalue weighted by molar-refractivity contribution is -0.166. The summed E-state index contributed by atoms with van der Waals surface area (Å²) in [7, 11) is 0. The molecular weight excluding hydrogens is 1020 g/mol. The van der Waals surface area contributed by atoms with Gasteiger partial charge >= 0.3 is 17.9 Å². The molecule has 0 aromatic carbocycles. The summed E-state index contributed by atoms with van der Waals surface area (Å²) in [6, 6.07) is 0. The molecular formula is C77H112O6. The van der Waals surface area contributed by atoms with Gasteiger partial charge in [0, 0.05) is 12.8 Å². The van der Waals surface area contributed by atoms with Gasteiger partial charge in [-0.25, -0.2) is 0 Å². The molecule has 0 heterocycles. The van der Waals surface area contributed by atoms with Gasteiger partial charge in [0.05, 0.1) is 6.42 Å². The Labute approximate surface area is 507 Å². The van der Waals surface area contributed by atoms with Gasteiger partial charge in [0.2, 0.25) is 0 Å². The maximum Gasteiger partial charge on any atom is 0.310 e. The van der Waals surface area contributed by atoms with Gasteiger partial charge in [-0.1, -0.05) is 265 Å². The van der Waals surface area contributed by atoms with Crippen molar-refractivity contribution in [2.45, 2.75) is 219 Å². The molecule has 0 radical (unpaired) electrons. The molecule has 1 atom stereocenters. The van der Waals surface area contributed by atoms with Crippen LogP contribution in [0.2, 0.25) is 0 Å². The smallest absolute Gasteiger partial charge is 0.310 e. The maximum absolute atomic E-state index is 12.8. The van der Waals surface area contributed by atoms with Crippen molar-refractivity contribution in [1.29, 1.82) is 0 Å². The monoisotopic (exact) mass is 1130 g/mol. The van der Waals surface area contributed by atoms with Crippen LogP contribution in [0.1, 0.15) is 213 Å². The highest BCUT2D eigenvalue weighted by Crippen LogP contribution is 2.10. The second-order valence-electron chi connectivity index (χ2n) is 19.8. The van der Waals surface area contributed by atoms with Gasteiger partial charge in [0.25, 0.3) is 0 Å². The molecule has 0 aliphatic carbocycles. The average Bonchev–Trinajstić information content (AvgIpc) is 3.49. The molecule has 0 saturated carbocycles. The first-order valence-corrected chi connectivity index (χ1v) is 31.9. The van der Waals surface area contributed by atoms with Gasteiger partial charge < -0.3 is 14.2 Å². The number of ether oxygens (including phenoxy) is 3. The van der Waals surface area contributed by atoms with Crippen LogP contribution in [0.5, 0.6) is 0 Å². The molecule has 0 bridgehead atoms. The van der Waals surface area contributed by atoms with Crippen molar-refractivity contribution in [3.8, 4) is 0 Å². The van der Waals surface area contributed by atoms with E-state index in [1.54, 1.807) is 6.08 Å². The molecule has 83 heavy (non-hydrogen) atoms. The number of rotatable bonds is 54. The van der Waals surface area contributed by atoms with Crippen LogP contribution in [0.15, 0.2) is 231 Å². The summed E-state index contributed by atoms with van der Waals surface area (Å²) in [5.74, 6) is -1.17. The van der Waals surface area contributed by atoms with Crippen molar-refractivity contribution < 1.29 is 28.6 Å². The van der Waals surface area contributed by atoms with E-state index in [-0.39, 0.29) is 44.4 Å². The van der Waals surface area contributed by atoms with Gasteiger partial charge in [-0.15, -0.1) is 0 Å². The third-order valence-electron chi connectivity index (χ3n) is 12.2. The molecule has 0 aromatic heterocycles. The minimum absolute atomic E-state index is 0.0684. The molecule has 0 rings (SSSR count). The van der Waals surface area contributed by atoms with E-state index in [0.29, 0.717) is 12.8 Å². The van der Waals surface area contributed by atoms with Gasteiger partial charge in [0.15, 0.2) is 6.10 Å². The summed E-state index contributed by atoms with van der Waals surface area (Å²) < 4.78 is 16.7. The van der Waals surface area contributed by atoms with Crippen LogP contribution < -0.4 is 0 Å². The third-order valence-corrected chi connectivity index (χ3v) is 12.2. The quantitative estimate of drug-likeness (QED) is 0.0261. The Morgan fingerprint density at radius 3 is 0.747 bits per heavy atom. The Kier molecular flexibility index (Phi) is 62.6. The van der Waals surface area contributed by atoms with Crippen LogP contribution in [0.4, 0.5) is 0 Å². The Hall–Kier alpha value is -6.53. The first-order chi connectivity index (χ1) is 41.0. The highest BCUT2D eigenvalue weighted by molar-refractivity contribution is 5.72. The fourth-order valence-corrected chi connectivity index (χ4v) is 7.53. The summed E-state index contributed by atoms with van der Waals surface area (Å²) >= 11 is 0. The van der Waals surface area contributed by atoms with Crippen LogP contribution in [0, 0.1) is 0 Å². The summed E-state index contributed by atoms with van der Waals surface area (Å²) in [4.78, 5) is 38.2. The Balaban J connectivity index is 4.48. The number of unbranched alkanes of at least 4 members (excludes halogenated alkanes) is 6. The summed E-state index contributed by atoms with van der Waals surface area (Å²) in [6.45, 7) is 6.12. The second-order valence-corrected chi connectivity index (χ2v) is 19.8. The summed E-state index contributed by atoms with van der Waals surface area (Å²) in [6.07, 6.45) is 108. The molecule has 456 valence electrons. The van der Waals surface area contributed by atoms with Crippen LogP contribution in [0.25, 0.3) is 0 Å². The fraction of sp³-hybridized carbons (Fsp3) is 0.468. The Bertz CT molecular complexity index is 2130. The lowest BCUT2D eigenvalue weighted by Crippen LogP contribution is -2.30. The van der Waals surface area contributed by atoms with Crippen LogP contribution in [-0.4, -0.2) is 37.2 Å². The van der Waals surface area contributed by atoms with Crippen molar-refractivity contribution in [2.24, 2.45) is 0 Å². The molecule has 0 amide bonds. The second kappa shape index (κ2) is 68.0. The van der Waals surface area contributed by atoms with E-state index in [4.69, 9.17) is 14.2 Å². The Morgan fingerprint density at radius 2 is 0.470 bits per heavy atom. The summed E-state index contributed by atoms with van der Waals surface area (Å²) in [5.41, 5.74) is 0. The molecule has 0 N–H and O–H groups in total. The largest absolute Gasteiger partial charge is 0.462 e. The first-order valence-electron chi connectivity index (χ1n) is 31.9. The number of hydrogen-bond donors (Lipinski definition) is 0. The minimum Gasteiger partial charge on any atom is -0.462 e. The number of allylic oxidation sites excluding steroid dienone is 37. The van der Waals surface area contributed by atoms with Gasteiger partial charge in [-0.3, -0.25) is 14.4 Å². The molecule has 0 aliphatic rings. The number of hydrogen-bond acceptors (Lipinski definition) is 6. The van der Waals surface area contributed by atoms with Crippen molar-refractivity contribution in [3.63, 3.8) is 0 Å². The number of esters is 3. The molecule has 0 aliphatic heterocycles. The summed E-state index contributed by atoms with van der Waals surface area (Å²) in [5, 5.41) is 0. The molecule has 0 spiro atoms. The number of carbonyl (C=O) groups is 3. The highest BCUT2D eigenvalue weighted by Gasteiger charge is 2.19. The highest BCUT2D eigenvalue weighted by atomic mass is 16.6. The molecule has 6 nitrogen and oxygen atoms in total. The molecule has 0 aromatic rings. The minimum atomic E-state index is -0.876. The van der Waals surface area contributed by atoms with E-state index in [1.807, 2.05) is 6.08 Å². The predicted octanol–water partition coefficient (Wildman–Crippen LogP) is 22.3. The van der Waals surface area contributed by atoms with Crippen LogP contribution in [-0.2, 0) is 28.6 Å². The van der Waals surface area contributed by atoms with Crippen molar-refractivity contribution >= 4 is 17.9 Å². The average molecular weight is 1130 g/mol. The predicted molar refractivity (Wildman–Crippen MR) is 361 cm³/mol.